The molecule has 0 saturated carbocycles. The number of pyridine rings is 1. The van der Waals surface area contributed by atoms with Gasteiger partial charge in [0.15, 0.2) is 0 Å². The molecule has 0 bridgehead atoms. The summed E-state index contributed by atoms with van der Waals surface area (Å²) < 4.78 is 0. The van der Waals surface area contributed by atoms with E-state index in [2.05, 4.69) is 40.1 Å². The van der Waals surface area contributed by atoms with Gasteiger partial charge in [0, 0.05) is 49.7 Å². The number of nitrogens with zero attached hydrogens (tertiary/aromatic N) is 3. The maximum atomic E-state index is 4.40. The zero-order valence-corrected chi connectivity index (χ0v) is 10.6. The fourth-order valence-electron chi connectivity index (χ4n) is 2.75. The van der Waals surface area contributed by atoms with Gasteiger partial charge >= 0.3 is 0 Å². The predicted molar refractivity (Wildman–Crippen MR) is 70.7 cm³/mol. The number of likely N-dealkylation sites (N-methyl/N-ethyl adjacent to an activating group) is 1. The van der Waals surface area contributed by atoms with Gasteiger partial charge in [0.2, 0.25) is 0 Å². The normalized spacial score (nSPS) is 24.6. The third-order valence-corrected chi connectivity index (χ3v) is 4.00. The van der Waals surface area contributed by atoms with Crippen LogP contribution in [0.4, 0.5) is 11.5 Å². The Kier molecular flexibility index (Phi) is 2.67. The zero-order valence-electron chi connectivity index (χ0n) is 10.6. The van der Waals surface area contributed by atoms with Crippen LogP contribution in [-0.4, -0.2) is 49.2 Å². The number of piperazine rings is 1. The quantitative estimate of drug-likeness (QED) is 0.788. The lowest BCUT2D eigenvalue weighted by Crippen LogP contribution is -2.50. The molecule has 0 aliphatic carbocycles. The summed E-state index contributed by atoms with van der Waals surface area (Å²) in [4.78, 5) is 9.34. The van der Waals surface area contributed by atoms with Crippen LogP contribution in [-0.2, 0) is 6.42 Å². The Morgan fingerprint density at radius 1 is 1.41 bits per heavy atom. The van der Waals surface area contributed by atoms with E-state index in [9.17, 15) is 0 Å². The van der Waals surface area contributed by atoms with Gasteiger partial charge in [0.05, 0.1) is 0 Å². The Bertz CT molecular complexity index is 418. The van der Waals surface area contributed by atoms with E-state index in [0.29, 0.717) is 6.04 Å². The number of rotatable bonds is 1. The molecule has 1 N–H and O–H groups in total. The molecule has 0 radical (unpaired) electrons. The highest BCUT2D eigenvalue weighted by Gasteiger charge is 2.24. The van der Waals surface area contributed by atoms with E-state index >= 15 is 0 Å². The number of aromatic nitrogens is 1. The predicted octanol–water partition coefficient (Wildman–Crippen LogP) is 1.19. The van der Waals surface area contributed by atoms with Crippen LogP contribution in [0.3, 0.4) is 0 Å². The van der Waals surface area contributed by atoms with E-state index in [-0.39, 0.29) is 0 Å². The van der Waals surface area contributed by atoms with Crippen LogP contribution in [0.15, 0.2) is 12.3 Å². The second kappa shape index (κ2) is 4.18. The second-order valence-electron chi connectivity index (χ2n) is 5.11. The highest BCUT2D eigenvalue weighted by atomic mass is 15.3. The molecule has 0 spiro atoms. The summed E-state index contributed by atoms with van der Waals surface area (Å²) >= 11 is 0. The Morgan fingerprint density at radius 2 is 2.29 bits per heavy atom. The van der Waals surface area contributed by atoms with Gasteiger partial charge in [-0.1, -0.05) is 0 Å². The monoisotopic (exact) mass is 232 g/mol. The second-order valence-corrected chi connectivity index (χ2v) is 5.11. The van der Waals surface area contributed by atoms with Crippen LogP contribution in [0.2, 0.25) is 0 Å². The van der Waals surface area contributed by atoms with Crippen molar-refractivity contribution in [2.45, 2.75) is 19.4 Å². The Balaban J connectivity index is 1.87. The summed E-state index contributed by atoms with van der Waals surface area (Å²) in [6.45, 7) is 6.71. The average molecular weight is 232 g/mol. The van der Waals surface area contributed by atoms with Crippen LogP contribution in [0.5, 0.6) is 0 Å². The molecule has 1 saturated heterocycles. The third kappa shape index (κ3) is 1.86. The lowest BCUT2D eigenvalue weighted by atomic mass is 10.1. The third-order valence-electron chi connectivity index (χ3n) is 4.00. The fourth-order valence-corrected chi connectivity index (χ4v) is 2.75. The van der Waals surface area contributed by atoms with Crippen LogP contribution in [0.25, 0.3) is 0 Å². The van der Waals surface area contributed by atoms with Crippen molar-refractivity contribution < 1.29 is 0 Å². The van der Waals surface area contributed by atoms with E-state index in [1.165, 1.54) is 11.3 Å². The van der Waals surface area contributed by atoms with Crippen molar-refractivity contribution in [1.82, 2.24) is 9.88 Å². The molecule has 17 heavy (non-hydrogen) atoms. The van der Waals surface area contributed by atoms with E-state index < -0.39 is 0 Å². The van der Waals surface area contributed by atoms with Crippen LogP contribution >= 0.6 is 0 Å². The summed E-state index contributed by atoms with van der Waals surface area (Å²) in [5.41, 5.74) is 2.80. The fraction of sp³-hybridized carbons (Fsp3) is 0.615. The number of hydrogen-bond donors (Lipinski definition) is 1. The van der Waals surface area contributed by atoms with E-state index in [4.69, 9.17) is 0 Å². The van der Waals surface area contributed by atoms with Gasteiger partial charge in [-0.2, -0.15) is 0 Å². The van der Waals surface area contributed by atoms with Gasteiger partial charge in [0.25, 0.3) is 0 Å². The van der Waals surface area contributed by atoms with Crippen molar-refractivity contribution in [2.75, 3.05) is 43.4 Å². The molecule has 1 aromatic heterocycles. The first-order valence-electron chi connectivity index (χ1n) is 6.42. The van der Waals surface area contributed by atoms with Crippen LogP contribution in [0.1, 0.15) is 12.5 Å². The molecule has 1 atom stereocenters. The molecule has 1 fully saturated rings. The van der Waals surface area contributed by atoms with Crippen molar-refractivity contribution in [1.29, 1.82) is 0 Å². The van der Waals surface area contributed by atoms with E-state index in [1.54, 1.807) is 0 Å². The first-order valence-corrected chi connectivity index (χ1v) is 6.42. The topological polar surface area (TPSA) is 31.4 Å². The standard InChI is InChI=1S/C13H20N4/c1-10-9-17(8-7-16(10)2)12-4-6-15-13-11(12)3-5-14-13/h4,6,10H,3,5,7-9H2,1-2H3,(H,14,15). The molecule has 0 amide bonds. The van der Waals surface area contributed by atoms with E-state index in [0.717, 1.165) is 38.4 Å². The Hall–Kier alpha value is -1.29. The van der Waals surface area contributed by atoms with Gasteiger partial charge in [-0.3, -0.25) is 0 Å². The minimum absolute atomic E-state index is 0.627. The van der Waals surface area contributed by atoms with Gasteiger partial charge < -0.3 is 15.1 Å². The highest BCUT2D eigenvalue weighted by molar-refractivity contribution is 5.66. The van der Waals surface area contributed by atoms with Crippen LogP contribution in [0, 0.1) is 0 Å². The van der Waals surface area contributed by atoms with Crippen molar-refractivity contribution in [3.63, 3.8) is 0 Å². The number of fused-ring (bicyclic) bond motifs is 1. The van der Waals surface area contributed by atoms with Gasteiger partial charge in [-0.05, 0) is 26.5 Å². The average Bonchev–Trinajstić information content (AvgIpc) is 2.80. The molecule has 1 unspecified atom stereocenters. The summed E-state index contributed by atoms with van der Waals surface area (Å²) in [7, 11) is 2.21. The molecular formula is C13H20N4. The van der Waals surface area contributed by atoms with Crippen LogP contribution < -0.4 is 10.2 Å². The maximum Gasteiger partial charge on any atom is 0.131 e. The summed E-state index contributed by atoms with van der Waals surface area (Å²) in [6.07, 6.45) is 3.04. The van der Waals surface area contributed by atoms with Crippen molar-refractivity contribution in [3.8, 4) is 0 Å². The molecule has 1 aromatic rings. The number of nitrogens with one attached hydrogen (secondary N) is 1. The molecule has 92 valence electrons. The molecule has 0 aromatic carbocycles. The Morgan fingerprint density at radius 3 is 3.12 bits per heavy atom. The minimum Gasteiger partial charge on any atom is -0.369 e. The van der Waals surface area contributed by atoms with Crippen molar-refractivity contribution in [3.05, 3.63) is 17.8 Å². The smallest absolute Gasteiger partial charge is 0.131 e. The molecular weight excluding hydrogens is 212 g/mol. The number of hydrogen-bond acceptors (Lipinski definition) is 4. The molecule has 2 aliphatic heterocycles. The minimum atomic E-state index is 0.627. The maximum absolute atomic E-state index is 4.40. The largest absolute Gasteiger partial charge is 0.369 e. The molecule has 3 rings (SSSR count). The summed E-state index contributed by atoms with van der Waals surface area (Å²) in [5.74, 6) is 1.09. The molecule has 4 nitrogen and oxygen atoms in total. The van der Waals surface area contributed by atoms with Gasteiger partial charge in [-0.15, -0.1) is 0 Å². The zero-order chi connectivity index (χ0) is 11.8. The summed E-state index contributed by atoms with van der Waals surface area (Å²) in [5, 5.41) is 3.35. The lowest BCUT2D eigenvalue weighted by Gasteiger charge is -2.39. The van der Waals surface area contributed by atoms with Gasteiger partial charge in [-0.25, -0.2) is 4.98 Å². The summed E-state index contributed by atoms with van der Waals surface area (Å²) in [6, 6.07) is 2.80. The molecule has 2 aliphatic rings. The molecule has 3 heterocycles. The SMILES string of the molecule is CC1CN(c2ccnc3c2CCN3)CCN1C. The van der Waals surface area contributed by atoms with E-state index in [1.807, 2.05) is 6.20 Å². The highest BCUT2D eigenvalue weighted by Crippen LogP contribution is 2.30. The van der Waals surface area contributed by atoms with Gasteiger partial charge in [0.1, 0.15) is 5.82 Å². The van der Waals surface area contributed by atoms with Crippen molar-refractivity contribution >= 4 is 11.5 Å². The van der Waals surface area contributed by atoms with Crippen molar-refractivity contribution in [2.24, 2.45) is 0 Å². The first-order chi connectivity index (χ1) is 8.25. The lowest BCUT2D eigenvalue weighted by molar-refractivity contribution is 0.234. The molecule has 4 heteroatoms. The number of anilines is 2. The first kappa shape index (κ1) is 10.8. The Labute approximate surface area is 103 Å².